The lowest BCUT2D eigenvalue weighted by Gasteiger charge is -2.08. The van der Waals surface area contributed by atoms with E-state index >= 15 is 0 Å². The van der Waals surface area contributed by atoms with Crippen molar-refractivity contribution in [2.24, 2.45) is 17.8 Å². The van der Waals surface area contributed by atoms with Crippen LogP contribution < -0.4 is 0 Å². The Kier molecular flexibility index (Phi) is 6.36. The van der Waals surface area contributed by atoms with E-state index < -0.39 is 12.3 Å². The Hall–Kier alpha value is -1.20. The number of aliphatic hydroxyl groups is 1. The zero-order chi connectivity index (χ0) is 15.3. The molecule has 1 rings (SSSR count). The molecule has 4 unspecified atom stereocenters. The van der Waals surface area contributed by atoms with Gasteiger partial charge in [0.1, 0.15) is 0 Å². The summed E-state index contributed by atoms with van der Waals surface area (Å²) in [5, 5.41) is 20.6. The Morgan fingerprint density at radius 3 is 2.60 bits per heavy atom. The third-order valence-corrected chi connectivity index (χ3v) is 4.11. The highest BCUT2D eigenvalue weighted by molar-refractivity contribution is 5.03. The molecule has 1 saturated carbocycles. The summed E-state index contributed by atoms with van der Waals surface area (Å²) in [5.74, 6) is 1.03. The van der Waals surface area contributed by atoms with E-state index in [9.17, 15) is 15.2 Å². The van der Waals surface area contributed by atoms with Crippen LogP contribution in [0.5, 0.6) is 0 Å². The SMILES string of the molecule is C=C(C)CC=CC(C[C@@H]1C(C)C1CC(O)OC)[N+](=O)[O-]. The topological polar surface area (TPSA) is 72.6 Å². The van der Waals surface area contributed by atoms with Crippen molar-refractivity contribution in [2.75, 3.05) is 7.11 Å². The maximum atomic E-state index is 11.1. The molecule has 0 aliphatic heterocycles. The molecule has 0 radical (unpaired) electrons. The van der Waals surface area contributed by atoms with E-state index in [0.717, 1.165) is 5.57 Å². The van der Waals surface area contributed by atoms with Crippen molar-refractivity contribution in [3.8, 4) is 0 Å². The van der Waals surface area contributed by atoms with Crippen molar-refractivity contribution in [1.82, 2.24) is 0 Å². The van der Waals surface area contributed by atoms with Gasteiger partial charge in [-0.1, -0.05) is 25.2 Å². The minimum absolute atomic E-state index is 0.232. The summed E-state index contributed by atoms with van der Waals surface area (Å²) in [7, 11) is 1.47. The van der Waals surface area contributed by atoms with Crippen molar-refractivity contribution in [3.63, 3.8) is 0 Å². The number of methoxy groups -OCH3 is 1. The van der Waals surface area contributed by atoms with E-state index in [-0.39, 0.29) is 4.92 Å². The molecule has 0 aromatic rings. The molecule has 0 saturated heterocycles. The van der Waals surface area contributed by atoms with Crippen molar-refractivity contribution in [3.05, 3.63) is 34.4 Å². The maximum absolute atomic E-state index is 11.1. The minimum atomic E-state index is -0.763. The van der Waals surface area contributed by atoms with Crippen LogP contribution in [0.1, 0.15) is 33.1 Å². The minimum Gasteiger partial charge on any atom is -0.368 e. The van der Waals surface area contributed by atoms with Gasteiger partial charge < -0.3 is 9.84 Å². The molecule has 1 aliphatic carbocycles. The monoisotopic (exact) mass is 283 g/mol. The van der Waals surface area contributed by atoms with Gasteiger partial charge in [0.2, 0.25) is 6.04 Å². The Morgan fingerprint density at radius 1 is 1.50 bits per heavy atom. The fourth-order valence-electron chi connectivity index (χ4n) is 2.68. The lowest BCUT2D eigenvalue weighted by atomic mass is 10.1. The van der Waals surface area contributed by atoms with Crippen LogP contribution in [0, 0.1) is 27.9 Å². The highest BCUT2D eigenvalue weighted by atomic mass is 16.6. The molecule has 1 aliphatic rings. The van der Waals surface area contributed by atoms with Gasteiger partial charge >= 0.3 is 0 Å². The first kappa shape index (κ1) is 16.9. The van der Waals surface area contributed by atoms with Gasteiger partial charge in [-0.2, -0.15) is 0 Å². The molecule has 5 atom stereocenters. The molecule has 0 bridgehead atoms. The first-order valence-electron chi connectivity index (χ1n) is 7.02. The number of nitrogens with zero attached hydrogens (tertiary/aromatic N) is 1. The van der Waals surface area contributed by atoms with Crippen molar-refractivity contribution in [2.45, 2.75) is 45.4 Å². The van der Waals surface area contributed by atoms with Crippen molar-refractivity contribution >= 4 is 0 Å². The van der Waals surface area contributed by atoms with Gasteiger partial charge in [-0.3, -0.25) is 10.1 Å². The largest absolute Gasteiger partial charge is 0.368 e. The molecule has 5 heteroatoms. The number of ether oxygens (including phenoxy) is 1. The molecule has 0 heterocycles. The molecule has 114 valence electrons. The van der Waals surface area contributed by atoms with E-state index in [1.165, 1.54) is 7.11 Å². The Bertz CT molecular complexity index is 380. The van der Waals surface area contributed by atoms with Crippen molar-refractivity contribution < 1.29 is 14.8 Å². The van der Waals surface area contributed by atoms with Gasteiger partial charge in [-0.25, -0.2) is 0 Å². The average Bonchev–Trinajstić information content (AvgIpc) is 2.96. The predicted octanol–water partition coefficient (Wildman–Crippen LogP) is 2.78. The van der Waals surface area contributed by atoms with Crippen LogP contribution in [0.15, 0.2) is 24.3 Å². The fourth-order valence-corrected chi connectivity index (χ4v) is 2.68. The van der Waals surface area contributed by atoms with Crippen LogP contribution in [0.3, 0.4) is 0 Å². The smallest absolute Gasteiger partial charge is 0.231 e. The van der Waals surface area contributed by atoms with Gasteiger partial charge in [0.15, 0.2) is 6.29 Å². The standard InChI is InChI=1S/C15H25NO4/c1-10(2)6-5-7-12(16(18)19)8-13-11(3)14(13)9-15(17)20-4/h5,7,11-15,17H,1,6,8-9H2,2-4H3/t11?,12?,13-,14?,15?/m1/s1. The number of hydrogen-bond donors (Lipinski definition) is 1. The van der Waals surface area contributed by atoms with Gasteiger partial charge in [-0.05, 0) is 37.2 Å². The third kappa shape index (κ3) is 5.06. The van der Waals surface area contributed by atoms with Gasteiger partial charge in [-0.15, -0.1) is 0 Å². The quantitative estimate of drug-likeness (QED) is 0.306. The lowest BCUT2D eigenvalue weighted by molar-refractivity contribution is -0.511. The van der Waals surface area contributed by atoms with Crippen LogP contribution in [-0.2, 0) is 4.74 Å². The summed E-state index contributed by atoms with van der Waals surface area (Å²) in [4.78, 5) is 10.9. The summed E-state index contributed by atoms with van der Waals surface area (Å²) in [5.41, 5.74) is 0.990. The Labute approximate surface area is 120 Å². The Balaban J connectivity index is 2.49. The number of nitro groups is 1. The molecule has 1 N–H and O–H groups in total. The van der Waals surface area contributed by atoms with Crippen LogP contribution in [0.25, 0.3) is 0 Å². The Morgan fingerprint density at radius 2 is 2.10 bits per heavy atom. The molecule has 0 aromatic heterocycles. The normalized spacial score (nSPS) is 28.3. The van der Waals surface area contributed by atoms with Crippen LogP contribution in [0.4, 0.5) is 0 Å². The molecule has 1 fully saturated rings. The highest BCUT2D eigenvalue weighted by Crippen LogP contribution is 2.51. The second kappa shape index (κ2) is 7.55. The van der Waals surface area contributed by atoms with Crippen LogP contribution in [0.2, 0.25) is 0 Å². The summed E-state index contributed by atoms with van der Waals surface area (Å²) in [6, 6.07) is -0.647. The average molecular weight is 283 g/mol. The van der Waals surface area contributed by atoms with Crippen molar-refractivity contribution in [1.29, 1.82) is 0 Å². The summed E-state index contributed by atoms with van der Waals surface area (Å²) in [6.45, 7) is 7.75. The molecular formula is C15H25NO4. The van der Waals surface area contributed by atoms with Gasteiger partial charge in [0.05, 0.1) is 0 Å². The fraction of sp³-hybridized carbons (Fsp3) is 0.733. The van der Waals surface area contributed by atoms with E-state index in [1.807, 2.05) is 13.0 Å². The zero-order valence-corrected chi connectivity index (χ0v) is 12.5. The number of aliphatic hydroxyl groups excluding tert-OH is 1. The maximum Gasteiger partial charge on any atom is 0.231 e. The molecule has 0 amide bonds. The molecular weight excluding hydrogens is 258 g/mol. The van der Waals surface area contributed by atoms with Gasteiger partial charge in [0, 0.05) is 24.9 Å². The highest BCUT2D eigenvalue weighted by Gasteiger charge is 2.49. The number of allylic oxidation sites excluding steroid dienone is 2. The van der Waals surface area contributed by atoms with Gasteiger partial charge in [0.25, 0.3) is 0 Å². The number of rotatable bonds is 9. The summed E-state index contributed by atoms with van der Waals surface area (Å²) in [6.07, 6.45) is 4.49. The molecule has 5 nitrogen and oxygen atoms in total. The predicted molar refractivity (Wildman–Crippen MR) is 77.7 cm³/mol. The zero-order valence-electron chi connectivity index (χ0n) is 12.5. The third-order valence-electron chi connectivity index (χ3n) is 4.11. The van der Waals surface area contributed by atoms with E-state index in [2.05, 4.69) is 13.5 Å². The first-order valence-corrected chi connectivity index (χ1v) is 7.02. The van der Waals surface area contributed by atoms with E-state index in [4.69, 9.17) is 4.74 Å². The molecule has 0 aromatic carbocycles. The second-order valence-electron chi connectivity index (χ2n) is 5.79. The summed E-state index contributed by atoms with van der Waals surface area (Å²) < 4.78 is 4.84. The summed E-state index contributed by atoms with van der Waals surface area (Å²) >= 11 is 0. The first-order chi connectivity index (χ1) is 9.36. The van der Waals surface area contributed by atoms with E-state index in [1.54, 1.807) is 6.08 Å². The van der Waals surface area contributed by atoms with Crippen LogP contribution in [-0.4, -0.2) is 29.5 Å². The molecule has 20 heavy (non-hydrogen) atoms. The lowest BCUT2D eigenvalue weighted by Crippen LogP contribution is -2.18. The number of hydrogen-bond acceptors (Lipinski definition) is 4. The van der Waals surface area contributed by atoms with E-state index in [0.29, 0.717) is 37.0 Å². The van der Waals surface area contributed by atoms with Crippen LogP contribution >= 0.6 is 0 Å². The molecule has 0 spiro atoms. The second-order valence-corrected chi connectivity index (χ2v) is 5.79.